The number of rotatable bonds is 15. The molecule has 2 N–H and O–H groups in total. The number of ketones is 2. The normalized spacial score (nSPS) is 13.5. The van der Waals surface area contributed by atoms with Crippen molar-refractivity contribution in [2.75, 3.05) is 7.05 Å². The zero-order valence-electron chi connectivity index (χ0n) is 39.9. The minimum atomic E-state index is -2.94. The Bertz CT molecular complexity index is 1590. The quantitative estimate of drug-likeness (QED) is 0.0462. The maximum absolute atomic E-state index is 12.7. The minimum Gasteiger partial charge on any atom is -0.481 e. The van der Waals surface area contributed by atoms with Crippen LogP contribution in [0, 0.1) is 45.1 Å². The summed E-state index contributed by atoms with van der Waals surface area (Å²) in [5.74, 6) is -3.91. The Morgan fingerprint density at radius 1 is 0.867 bits per heavy atom. The number of aliphatic carboxylic acids is 1. The Labute approximate surface area is 375 Å². The number of carboxylic acid groups (broad SMARTS) is 1. The Morgan fingerprint density at radius 2 is 1.37 bits per heavy atom. The number of halogens is 2. The molecule has 1 aliphatic rings. The van der Waals surface area contributed by atoms with E-state index < -0.39 is 23.5 Å². The number of alkyl halides is 2. The van der Waals surface area contributed by atoms with E-state index in [-0.39, 0.29) is 41.0 Å². The number of nitrogens with one attached hydrogen (secondary N) is 1. The van der Waals surface area contributed by atoms with Crippen LogP contribution in [0.15, 0.2) is 47.6 Å². The van der Waals surface area contributed by atoms with Crippen LogP contribution in [0.3, 0.4) is 0 Å². The number of hydrogen-bond acceptors (Lipinski definition) is 5. The molecular formula is C51H80CrF2NO5-. The molecule has 1 unspecified atom stereocenters. The van der Waals surface area contributed by atoms with E-state index >= 15 is 0 Å². The summed E-state index contributed by atoms with van der Waals surface area (Å²) in [6.45, 7) is 26.1. The number of allylic oxidation sites excluding steroid dienone is 4. The molecule has 1 fully saturated rings. The van der Waals surface area contributed by atoms with Gasteiger partial charge in [0.1, 0.15) is 6.29 Å². The maximum atomic E-state index is 12.7. The summed E-state index contributed by atoms with van der Waals surface area (Å²) in [6.07, 6.45) is 17.9. The molecule has 0 bridgehead atoms. The number of carboxylic acids is 1. The molecule has 1 atom stereocenters. The fourth-order valence-corrected chi connectivity index (χ4v) is 6.63. The van der Waals surface area contributed by atoms with Crippen LogP contribution in [0.5, 0.6) is 0 Å². The molecule has 0 radical (unpaired) electrons. The van der Waals surface area contributed by atoms with Gasteiger partial charge in [0.05, 0.1) is 12.0 Å². The van der Waals surface area contributed by atoms with Gasteiger partial charge in [-0.3, -0.25) is 14.4 Å². The number of hydrogen-bond donors (Lipinski definition) is 2. The molecule has 0 aliphatic heterocycles. The number of carbonyl (C=O) groups is 4. The van der Waals surface area contributed by atoms with Gasteiger partial charge in [-0.25, -0.2) is 8.78 Å². The summed E-state index contributed by atoms with van der Waals surface area (Å²) < 4.78 is 25.4. The van der Waals surface area contributed by atoms with Gasteiger partial charge in [0, 0.05) is 36.7 Å². The standard InChI is InChI=1S/C20H24NO2.C11H14F2O2.C10H20.C6H12O.C4H10.Cr/c1-12-7-6-8-13(2)20(12)16-9-14(3)15(4)17(10-16)18(21-5)11-19(22)23;1-7(11(4,12)13)5-6-10(8(2)14)9(3)15;1-3-10(4-2)8-6-5-7-9-10;1-6(2)4-3-5-7;1-3-4-2;/h7-10,18,21H,11H2,1-5H3,(H,22,23);5-6H,1-4H3;3-9H2,1-2H3;5-6H,3-4H2,1-2H3;3-4H2,1-2H3;/q-1;;;;;/b;7-5+;;;;. The van der Waals surface area contributed by atoms with Crippen molar-refractivity contribution in [3.8, 4) is 11.1 Å². The van der Waals surface area contributed by atoms with Crippen LogP contribution in [0.4, 0.5) is 8.78 Å². The molecule has 3 rings (SSSR count). The van der Waals surface area contributed by atoms with E-state index in [2.05, 4.69) is 92.8 Å². The fourth-order valence-electron chi connectivity index (χ4n) is 6.63. The van der Waals surface area contributed by atoms with Crippen LogP contribution in [0.25, 0.3) is 11.1 Å². The molecule has 0 saturated heterocycles. The third kappa shape index (κ3) is 24.3. The van der Waals surface area contributed by atoms with Crippen LogP contribution in [0.1, 0.15) is 180 Å². The molecule has 340 valence electrons. The number of unbranched alkanes of at least 4 members (excludes halogenated alkanes) is 1. The Kier molecular flexibility index (Phi) is 33.0. The van der Waals surface area contributed by atoms with Crippen molar-refractivity contribution in [1.82, 2.24) is 5.32 Å². The van der Waals surface area contributed by atoms with Crippen LogP contribution >= 0.6 is 0 Å². The SMILES string of the molecule is CC(=O)C(=C/C=C(\C)C(C)(F)F)C(C)=O.CC(C)CCC=O.CCC1(CC)CCCCC1.CCCC.CNC(CC(=O)O)c1cc(-c2c(C)c[c-]cc2C)cc(C)c1C.[Cr]. The van der Waals surface area contributed by atoms with E-state index in [9.17, 15) is 28.0 Å². The predicted molar refractivity (Wildman–Crippen MR) is 244 cm³/mol. The van der Waals surface area contributed by atoms with E-state index in [4.69, 9.17) is 5.11 Å². The largest absolute Gasteiger partial charge is 0.481 e. The number of benzene rings is 2. The molecule has 9 heteroatoms. The zero-order valence-corrected chi connectivity index (χ0v) is 41.2. The molecule has 2 aromatic carbocycles. The third-order valence-electron chi connectivity index (χ3n) is 11.2. The molecule has 60 heavy (non-hydrogen) atoms. The van der Waals surface area contributed by atoms with Crippen molar-refractivity contribution >= 4 is 23.8 Å². The van der Waals surface area contributed by atoms with E-state index in [1.165, 1.54) is 101 Å². The molecule has 1 saturated carbocycles. The first-order valence-corrected chi connectivity index (χ1v) is 21.7. The van der Waals surface area contributed by atoms with Gasteiger partial charge in [0.15, 0.2) is 11.6 Å². The number of carbonyl (C=O) groups excluding carboxylic acids is 3. The summed E-state index contributed by atoms with van der Waals surface area (Å²) in [7, 11) is 1.81. The molecule has 0 aromatic heterocycles. The van der Waals surface area contributed by atoms with E-state index in [1.807, 2.05) is 19.2 Å². The van der Waals surface area contributed by atoms with Crippen LogP contribution in [-0.4, -0.2) is 41.9 Å². The van der Waals surface area contributed by atoms with Crippen molar-refractivity contribution in [3.63, 3.8) is 0 Å². The molecule has 1 aliphatic carbocycles. The van der Waals surface area contributed by atoms with Crippen LogP contribution in [0.2, 0.25) is 0 Å². The summed E-state index contributed by atoms with van der Waals surface area (Å²) >= 11 is 0. The van der Waals surface area contributed by atoms with Gasteiger partial charge in [-0.15, -0.1) is 5.56 Å². The Hall–Kier alpha value is -3.25. The first kappa shape index (κ1) is 61.1. The Balaban J connectivity index is -0.000000756. The number of aryl methyl sites for hydroxylation is 3. The maximum Gasteiger partial charge on any atom is 0.305 e. The summed E-state index contributed by atoms with van der Waals surface area (Å²) in [5.41, 5.74) is 8.57. The molecule has 0 spiro atoms. The first-order valence-electron chi connectivity index (χ1n) is 21.7. The van der Waals surface area contributed by atoms with Crippen molar-refractivity contribution in [2.24, 2.45) is 11.3 Å². The van der Waals surface area contributed by atoms with E-state index in [0.717, 1.165) is 60.3 Å². The molecule has 6 nitrogen and oxygen atoms in total. The smallest absolute Gasteiger partial charge is 0.305 e. The number of Topliss-reactive ketones (excluding diaryl/α,β-unsaturated/α-hetero) is 2. The molecular weight excluding hydrogens is 797 g/mol. The van der Waals surface area contributed by atoms with Gasteiger partial charge in [0.2, 0.25) is 0 Å². The van der Waals surface area contributed by atoms with Crippen molar-refractivity contribution < 1.29 is 50.4 Å². The van der Waals surface area contributed by atoms with Gasteiger partial charge in [-0.2, -0.15) is 29.3 Å². The van der Waals surface area contributed by atoms with Gasteiger partial charge < -0.3 is 15.2 Å². The predicted octanol–water partition coefficient (Wildman–Crippen LogP) is 14.0. The molecule has 0 heterocycles. The van der Waals surface area contributed by atoms with Gasteiger partial charge >= 0.3 is 5.97 Å². The van der Waals surface area contributed by atoms with Crippen molar-refractivity contribution in [3.05, 3.63) is 81.4 Å². The van der Waals surface area contributed by atoms with Gasteiger partial charge in [-0.1, -0.05) is 119 Å². The third-order valence-corrected chi connectivity index (χ3v) is 11.2. The summed E-state index contributed by atoms with van der Waals surface area (Å²) in [6, 6.07) is 11.2. The first-order chi connectivity index (χ1) is 27.5. The fraction of sp³-hybridized carbons (Fsp3) is 0.608. The van der Waals surface area contributed by atoms with Crippen molar-refractivity contribution in [2.45, 2.75) is 186 Å². The molecule has 2 aromatic rings. The second kappa shape index (κ2) is 32.5. The van der Waals surface area contributed by atoms with Gasteiger partial charge in [0.25, 0.3) is 5.92 Å². The topological polar surface area (TPSA) is 101 Å². The second-order valence-electron chi connectivity index (χ2n) is 16.5. The zero-order chi connectivity index (χ0) is 45.9. The van der Waals surface area contributed by atoms with E-state index in [0.29, 0.717) is 5.92 Å². The average Bonchev–Trinajstić information content (AvgIpc) is 3.17. The molecule has 0 amide bonds. The average molecular weight is 877 g/mol. The minimum absolute atomic E-state index is 0. The number of aldehydes is 1. The van der Waals surface area contributed by atoms with E-state index in [1.54, 1.807) is 0 Å². The van der Waals surface area contributed by atoms with Gasteiger partial charge in [-0.05, 0) is 106 Å². The summed E-state index contributed by atoms with van der Waals surface area (Å²) in [4.78, 5) is 42.7. The second-order valence-corrected chi connectivity index (χ2v) is 16.5. The Morgan fingerprint density at radius 3 is 1.70 bits per heavy atom. The monoisotopic (exact) mass is 877 g/mol. The van der Waals surface area contributed by atoms with Crippen LogP contribution < -0.4 is 5.32 Å². The van der Waals surface area contributed by atoms with Crippen LogP contribution in [-0.2, 0) is 36.5 Å². The summed E-state index contributed by atoms with van der Waals surface area (Å²) in [5, 5.41) is 12.3. The van der Waals surface area contributed by atoms with Crippen molar-refractivity contribution in [1.29, 1.82) is 0 Å².